The summed E-state index contributed by atoms with van der Waals surface area (Å²) in [4.78, 5) is 9.54. The van der Waals surface area contributed by atoms with Crippen molar-refractivity contribution in [3.63, 3.8) is 0 Å². The monoisotopic (exact) mass is 325 g/mol. The second kappa shape index (κ2) is 5.02. The van der Waals surface area contributed by atoms with Crippen molar-refractivity contribution in [1.82, 2.24) is 9.97 Å². The quantitative estimate of drug-likeness (QED) is 0.919. The molecule has 0 bridgehead atoms. The van der Waals surface area contributed by atoms with E-state index in [9.17, 15) is 0 Å². The summed E-state index contributed by atoms with van der Waals surface area (Å²) in [6, 6.07) is 0. The van der Waals surface area contributed by atoms with Crippen molar-refractivity contribution in [1.29, 1.82) is 0 Å². The lowest BCUT2D eigenvalue weighted by Crippen LogP contribution is -2.28. The van der Waals surface area contributed by atoms with Gasteiger partial charge in [0.15, 0.2) is 5.82 Å². The number of rotatable bonds is 4. The van der Waals surface area contributed by atoms with Gasteiger partial charge in [-0.05, 0) is 54.5 Å². The minimum atomic E-state index is -0.268. The van der Waals surface area contributed by atoms with E-state index in [1.165, 1.54) is 25.7 Å². The van der Waals surface area contributed by atoms with Gasteiger partial charge in [0, 0.05) is 20.1 Å². The van der Waals surface area contributed by atoms with E-state index in [1.807, 2.05) is 7.05 Å². The highest BCUT2D eigenvalue weighted by atomic mass is 79.9. The maximum Gasteiger partial charge on any atom is 0.162 e. The molecule has 0 saturated heterocycles. The molecule has 0 atom stereocenters. The maximum atomic E-state index is 5.81. The van der Waals surface area contributed by atoms with Gasteiger partial charge in [0.25, 0.3) is 0 Å². The van der Waals surface area contributed by atoms with Gasteiger partial charge < -0.3 is 10.1 Å². The maximum absolute atomic E-state index is 5.81. The zero-order chi connectivity index (χ0) is 13.5. The molecule has 19 heavy (non-hydrogen) atoms. The Morgan fingerprint density at radius 3 is 2.47 bits per heavy atom. The van der Waals surface area contributed by atoms with Crippen molar-refractivity contribution in [2.75, 3.05) is 19.5 Å². The van der Waals surface area contributed by atoms with Gasteiger partial charge in [0.2, 0.25) is 0 Å². The molecule has 2 aliphatic carbocycles. The van der Waals surface area contributed by atoms with Crippen LogP contribution >= 0.6 is 15.9 Å². The van der Waals surface area contributed by atoms with Crippen molar-refractivity contribution in [3.05, 3.63) is 16.0 Å². The summed E-state index contributed by atoms with van der Waals surface area (Å²) in [6.45, 7) is 0. The SMILES string of the molecule is CNc1nc(C2(OC)CCCC2)nc(C2CC2)c1Br. The Morgan fingerprint density at radius 2 is 1.95 bits per heavy atom. The predicted octanol–water partition coefficient (Wildman–Crippen LogP) is 3.57. The van der Waals surface area contributed by atoms with Gasteiger partial charge in [-0.15, -0.1) is 0 Å². The molecule has 5 heteroatoms. The molecule has 0 spiro atoms. The van der Waals surface area contributed by atoms with E-state index in [0.29, 0.717) is 5.92 Å². The topological polar surface area (TPSA) is 47.0 Å². The predicted molar refractivity (Wildman–Crippen MR) is 78.4 cm³/mol. The molecule has 0 aliphatic heterocycles. The van der Waals surface area contributed by atoms with Gasteiger partial charge in [-0.1, -0.05) is 0 Å². The normalized spacial score (nSPS) is 21.6. The molecule has 2 fully saturated rings. The second-order valence-electron chi connectivity index (χ2n) is 5.52. The molecule has 0 amide bonds. The Morgan fingerprint density at radius 1 is 1.26 bits per heavy atom. The van der Waals surface area contributed by atoms with Crippen LogP contribution in [0.2, 0.25) is 0 Å². The first-order chi connectivity index (χ1) is 9.20. The lowest BCUT2D eigenvalue weighted by atomic mass is 10.0. The lowest BCUT2D eigenvalue weighted by molar-refractivity contribution is -0.0163. The Hall–Kier alpha value is -0.680. The van der Waals surface area contributed by atoms with Crippen molar-refractivity contribution in [2.24, 2.45) is 0 Å². The summed E-state index contributed by atoms with van der Waals surface area (Å²) in [7, 11) is 3.69. The molecule has 2 aliphatic rings. The highest BCUT2D eigenvalue weighted by Crippen LogP contribution is 2.46. The van der Waals surface area contributed by atoms with Crippen molar-refractivity contribution < 1.29 is 4.74 Å². The van der Waals surface area contributed by atoms with Crippen LogP contribution in [0.25, 0.3) is 0 Å². The number of nitrogens with zero attached hydrogens (tertiary/aromatic N) is 2. The Bertz CT molecular complexity index is 482. The zero-order valence-electron chi connectivity index (χ0n) is 11.5. The van der Waals surface area contributed by atoms with Gasteiger partial charge in [-0.2, -0.15) is 0 Å². The number of aromatic nitrogens is 2. The van der Waals surface area contributed by atoms with E-state index in [4.69, 9.17) is 14.7 Å². The third-order valence-corrected chi connectivity index (χ3v) is 5.07. The smallest absolute Gasteiger partial charge is 0.162 e. The molecule has 1 N–H and O–H groups in total. The van der Waals surface area contributed by atoms with Gasteiger partial charge in [-0.25, -0.2) is 9.97 Å². The molecule has 1 aromatic rings. The van der Waals surface area contributed by atoms with Crippen LogP contribution in [0.5, 0.6) is 0 Å². The van der Waals surface area contributed by atoms with Crippen LogP contribution in [-0.4, -0.2) is 24.1 Å². The van der Waals surface area contributed by atoms with Gasteiger partial charge in [0.05, 0.1) is 10.2 Å². The fourth-order valence-electron chi connectivity index (χ4n) is 2.93. The van der Waals surface area contributed by atoms with Gasteiger partial charge in [-0.3, -0.25) is 0 Å². The summed E-state index contributed by atoms with van der Waals surface area (Å²) in [5.74, 6) is 2.34. The molecule has 1 heterocycles. The van der Waals surface area contributed by atoms with Crippen LogP contribution in [0.1, 0.15) is 56.0 Å². The molecule has 0 radical (unpaired) electrons. The van der Waals surface area contributed by atoms with E-state index in [-0.39, 0.29) is 5.60 Å². The van der Waals surface area contributed by atoms with Crippen LogP contribution in [0, 0.1) is 0 Å². The lowest BCUT2D eigenvalue weighted by Gasteiger charge is -2.27. The van der Waals surface area contributed by atoms with Crippen LogP contribution in [0.4, 0.5) is 5.82 Å². The molecular formula is C14H20BrN3O. The fourth-order valence-corrected chi connectivity index (χ4v) is 3.63. The van der Waals surface area contributed by atoms with Crippen LogP contribution in [0.3, 0.4) is 0 Å². The van der Waals surface area contributed by atoms with Crippen molar-refractivity contribution in [2.45, 2.75) is 50.0 Å². The number of ether oxygens (including phenoxy) is 1. The molecular weight excluding hydrogens is 306 g/mol. The molecule has 0 aromatic carbocycles. The van der Waals surface area contributed by atoms with Gasteiger partial charge in [0.1, 0.15) is 11.4 Å². The molecule has 2 saturated carbocycles. The number of hydrogen-bond donors (Lipinski definition) is 1. The zero-order valence-corrected chi connectivity index (χ0v) is 13.1. The third-order valence-electron chi connectivity index (χ3n) is 4.29. The minimum Gasteiger partial charge on any atom is -0.372 e. The van der Waals surface area contributed by atoms with Crippen molar-refractivity contribution in [3.8, 4) is 0 Å². The van der Waals surface area contributed by atoms with Crippen LogP contribution in [-0.2, 0) is 10.3 Å². The molecule has 3 rings (SSSR count). The summed E-state index contributed by atoms with van der Waals surface area (Å²) < 4.78 is 6.83. The summed E-state index contributed by atoms with van der Waals surface area (Å²) in [5, 5.41) is 3.17. The average Bonchev–Trinajstić information content (AvgIpc) is 3.16. The number of anilines is 1. The molecule has 0 unspecified atom stereocenters. The Balaban J connectivity index is 2.07. The minimum absolute atomic E-state index is 0.268. The van der Waals surface area contributed by atoms with Crippen LogP contribution < -0.4 is 5.32 Å². The second-order valence-corrected chi connectivity index (χ2v) is 6.32. The highest BCUT2D eigenvalue weighted by molar-refractivity contribution is 9.10. The van der Waals surface area contributed by atoms with Crippen LogP contribution in [0.15, 0.2) is 4.47 Å². The van der Waals surface area contributed by atoms with E-state index >= 15 is 0 Å². The molecule has 4 nitrogen and oxygen atoms in total. The first-order valence-corrected chi connectivity index (χ1v) is 7.80. The highest BCUT2D eigenvalue weighted by Gasteiger charge is 2.40. The average molecular weight is 326 g/mol. The van der Waals surface area contributed by atoms with Crippen molar-refractivity contribution >= 4 is 21.7 Å². The number of hydrogen-bond acceptors (Lipinski definition) is 4. The summed E-state index contributed by atoms with van der Waals surface area (Å²) in [5.41, 5.74) is 0.883. The standard InChI is InChI=1S/C14H20BrN3O/c1-16-12-10(15)11(9-5-6-9)17-13(18-12)14(19-2)7-3-4-8-14/h9H,3-8H2,1-2H3,(H,16,17,18). The number of nitrogens with one attached hydrogen (secondary N) is 1. The third kappa shape index (κ3) is 2.27. The Kier molecular flexibility index (Phi) is 3.52. The summed E-state index contributed by atoms with van der Waals surface area (Å²) >= 11 is 3.64. The first kappa shape index (κ1) is 13.3. The largest absolute Gasteiger partial charge is 0.372 e. The van der Waals surface area contributed by atoms with E-state index in [0.717, 1.165) is 34.7 Å². The Labute approximate surface area is 122 Å². The number of halogens is 1. The molecule has 1 aromatic heterocycles. The number of methoxy groups -OCH3 is 1. The van der Waals surface area contributed by atoms with E-state index in [2.05, 4.69) is 21.2 Å². The first-order valence-electron chi connectivity index (χ1n) is 7.01. The van der Waals surface area contributed by atoms with E-state index < -0.39 is 0 Å². The fraction of sp³-hybridized carbons (Fsp3) is 0.714. The summed E-state index contributed by atoms with van der Waals surface area (Å²) in [6.07, 6.45) is 6.91. The van der Waals surface area contributed by atoms with Gasteiger partial charge >= 0.3 is 0 Å². The van der Waals surface area contributed by atoms with E-state index in [1.54, 1.807) is 7.11 Å². The molecule has 104 valence electrons.